The monoisotopic (exact) mass is 395 g/mol. The van der Waals surface area contributed by atoms with Crippen molar-refractivity contribution in [2.75, 3.05) is 26.7 Å². The number of carbonyl (C=O) groups is 2. The van der Waals surface area contributed by atoms with E-state index in [1.807, 2.05) is 0 Å². The second kappa shape index (κ2) is 8.28. The van der Waals surface area contributed by atoms with Gasteiger partial charge < -0.3 is 16.0 Å². The molecule has 2 aliphatic rings. The summed E-state index contributed by atoms with van der Waals surface area (Å²) in [7, 11) is 1.72. The molecule has 1 aliphatic carbocycles. The van der Waals surface area contributed by atoms with Crippen LogP contribution in [0.2, 0.25) is 0 Å². The van der Waals surface area contributed by atoms with E-state index < -0.39 is 0 Å². The van der Waals surface area contributed by atoms with Crippen LogP contribution in [0.1, 0.15) is 25.7 Å². The normalized spacial score (nSPS) is 19.9. The Morgan fingerprint density at radius 2 is 2.10 bits per heavy atom. The number of hydrogen-bond acceptors (Lipinski definition) is 3. The van der Waals surface area contributed by atoms with Gasteiger partial charge in [0.2, 0.25) is 5.91 Å². The van der Waals surface area contributed by atoms with Crippen molar-refractivity contribution < 1.29 is 9.59 Å². The number of hydrogen-bond donors (Lipinski definition) is 3. The molecule has 0 atom stereocenters. The minimum absolute atomic E-state index is 0. The van der Waals surface area contributed by atoms with Crippen LogP contribution in [0.3, 0.4) is 0 Å². The third-order valence-electron chi connectivity index (χ3n) is 3.48. The zero-order valence-electron chi connectivity index (χ0n) is 11.6. The summed E-state index contributed by atoms with van der Waals surface area (Å²) in [6, 6.07) is 0.174. The zero-order valence-corrected chi connectivity index (χ0v) is 14.0. The van der Waals surface area contributed by atoms with E-state index in [-0.39, 0.29) is 42.5 Å². The molecule has 0 radical (unpaired) electrons. The first-order valence-corrected chi connectivity index (χ1v) is 6.76. The number of halogens is 1. The lowest BCUT2D eigenvalue weighted by molar-refractivity contribution is -0.124. The van der Waals surface area contributed by atoms with E-state index in [0.717, 1.165) is 5.96 Å². The average molecular weight is 395 g/mol. The van der Waals surface area contributed by atoms with Gasteiger partial charge >= 0.3 is 6.03 Å². The van der Waals surface area contributed by atoms with Gasteiger partial charge in [-0.05, 0) is 12.8 Å². The minimum atomic E-state index is -0.314. The van der Waals surface area contributed by atoms with E-state index in [2.05, 4.69) is 20.9 Å². The van der Waals surface area contributed by atoms with Crippen LogP contribution < -0.4 is 16.0 Å². The molecule has 0 aromatic rings. The van der Waals surface area contributed by atoms with E-state index >= 15 is 0 Å². The number of imide groups is 1. The van der Waals surface area contributed by atoms with Crippen LogP contribution in [0.4, 0.5) is 4.79 Å². The smallest absolute Gasteiger partial charge is 0.324 e. The van der Waals surface area contributed by atoms with Crippen LogP contribution in [-0.4, -0.2) is 55.5 Å². The number of nitrogens with one attached hydrogen (secondary N) is 3. The van der Waals surface area contributed by atoms with Gasteiger partial charge in [0.25, 0.3) is 0 Å². The summed E-state index contributed by atoms with van der Waals surface area (Å²) in [5.41, 5.74) is 0. The zero-order chi connectivity index (χ0) is 13.7. The van der Waals surface area contributed by atoms with Crippen molar-refractivity contribution in [2.24, 2.45) is 4.99 Å². The molecule has 0 spiro atoms. The highest BCUT2D eigenvalue weighted by molar-refractivity contribution is 14.0. The highest BCUT2D eigenvalue weighted by atomic mass is 127. The largest absolute Gasteiger partial charge is 0.355 e. The molecule has 114 valence electrons. The first-order chi connectivity index (χ1) is 9.20. The van der Waals surface area contributed by atoms with Crippen LogP contribution in [0.25, 0.3) is 0 Å². The SMILES string of the molecule is CN=C(NCCN1C(=O)CNC1=O)NC1CCCC1.I. The van der Waals surface area contributed by atoms with Crippen LogP contribution in [-0.2, 0) is 4.79 Å². The lowest BCUT2D eigenvalue weighted by atomic mass is 10.2. The molecule has 0 bridgehead atoms. The quantitative estimate of drug-likeness (QED) is 0.276. The molecule has 1 saturated heterocycles. The Kier molecular flexibility index (Phi) is 7.03. The Morgan fingerprint density at radius 3 is 2.65 bits per heavy atom. The van der Waals surface area contributed by atoms with Gasteiger partial charge in [-0.2, -0.15) is 0 Å². The van der Waals surface area contributed by atoms with Gasteiger partial charge in [0.1, 0.15) is 0 Å². The molecule has 1 aliphatic heterocycles. The fourth-order valence-corrected chi connectivity index (χ4v) is 2.43. The Morgan fingerprint density at radius 1 is 1.40 bits per heavy atom. The molecule has 7 nitrogen and oxygen atoms in total. The van der Waals surface area contributed by atoms with Crippen LogP contribution in [0, 0.1) is 0 Å². The summed E-state index contributed by atoms with van der Waals surface area (Å²) in [5, 5.41) is 8.97. The fourth-order valence-electron chi connectivity index (χ4n) is 2.43. The topological polar surface area (TPSA) is 85.8 Å². The highest BCUT2D eigenvalue weighted by Gasteiger charge is 2.27. The third-order valence-corrected chi connectivity index (χ3v) is 3.48. The number of rotatable bonds is 4. The summed E-state index contributed by atoms with van der Waals surface area (Å²) in [6.07, 6.45) is 4.87. The Bertz CT molecular complexity index is 366. The predicted octanol–water partition coefficient (Wildman–Crippen LogP) is 0.264. The summed E-state index contributed by atoms with van der Waals surface area (Å²) in [5.74, 6) is 0.560. The van der Waals surface area contributed by atoms with E-state index in [0.29, 0.717) is 19.1 Å². The number of carbonyl (C=O) groups excluding carboxylic acids is 2. The minimum Gasteiger partial charge on any atom is -0.355 e. The molecule has 8 heteroatoms. The molecule has 3 N–H and O–H groups in total. The van der Waals surface area contributed by atoms with Crippen LogP contribution in [0.15, 0.2) is 4.99 Å². The second-order valence-corrected chi connectivity index (χ2v) is 4.83. The molecule has 2 fully saturated rings. The highest BCUT2D eigenvalue weighted by Crippen LogP contribution is 2.17. The number of amides is 3. The van der Waals surface area contributed by atoms with Crippen LogP contribution in [0.5, 0.6) is 0 Å². The lowest BCUT2D eigenvalue weighted by Crippen LogP contribution is -2.45. The molecule has 20 heavy (non-hydrogen) atoms. The third kappa shape index (κ3) is 4.50. The van der Waals surface area contributed by atoms with Crippen molar-refractivity contribution in [1.82, 2.24) is 20.9 Å². The number of guanidine groups is 1. The van der Waals surface area contributed by atoms with Crippen molar-refractivity contribution >= 4 is 41.9 Å². The van der Waals surface area contributed by atoms with Crippen molar-refractivity contribution in [3.63, 3.8) is 0 Å². The molecule has 0 unspecified atom stereocenters. The van der Waals surface area contributed by atoms with E-state index in [9.17, 15) is 9.59 Å². The summed E-state index contributed by atoms with van der Waals surface area (Å²) in [4.78, 5) is 28.1. The molecular formula is C12H22IN5O2. The number of urea groups is 1. The van der Waals surface area contributed by atoms with Gasteiger partial charge in [-0.3, -0.25) is 14.7 Å². The van der Waals surface area contributed by atoms with E-state index in [4.69, 9.17) is 0 Å². The maximum absolute atomic E-state index is 11.4. The lowest BCUT2D eigenvalue weighted by Gasteiger charge is -2.18. The Hall–Kier alpha value is -1.06. The first-order valence-electron chi connectivity index (χ1n) is 6.76. The van der Waals surface area contributed by atoms with Crippen molar-refractivity contribution in [1.29, 1.82) is 0 Å². The van der Waals surface area contributed by atoms with E-state index in [1.165, 1.54) is 30.6 Å². The number of aliphatic imine (C=N–C) groups is 1. The summed E-state index contributed by atoms with van der Waals surface area (Å²) in [6.45, 7) is 0.968. The van der Waals surface area contributed by atoms with Gasteiger partial charge in [0.15, 0.2) is 5.96 Å². The summed E-state index contributed by atoms with van der Waals surface area (Å²) < 4.78 is 0. The average Bonchev–Trinajstić information content (AvgIpc) is 3.01. The Balaban J connectivity index is 0.00000200. The van der Waals surface area contributed by atoms with Crippen molar-refractivity contribution in [3.05, 3.63) is 0 Å². The van der Waals surface area contributed by atoms with E-state index in [1.54, 1.807) is 7.05 Å². The van der Waals surface area contributed by atoms with Gasteiger partial charge in [0, 0.05) is 26.2 Å². The van der Waals surface area contributed by atoms with Crippen LogP contribution >= 0.6 is 24.0 Å². The molecule has 1 saturated carbocycles. The van der Waals surface area contributed by atoms with Gasteiger partial charge in [-0.25, -0.2) is 4.79 Å². The molecule has 1 heterocycles. The number of nitrogens with zero attached hydrogens (tertiary/aromatic N) is 2. The molecule has 2 rings (SSSR count). The van der Waals surface area contributed by atoms with Gasteiger partial charge in [0.05, 0.1) is 6.54 Å². The maximum atomic E-state index is 11.4. The maximum Gasteiger partial charge on any atom is 0.324 e. The molecular weight excluding hydrogens is 373 g/mol. The van der Waals surface area contributed by atoms with Crippen molar-refractivity contribution in [3.8, 4) is 0 Å². The van der Waals surface area contributed by atoms with Gasteiger partial charge in [-0.15, -0.1) is 24.0 Å². The molecule has 3 amide bonds. The second-order valence-electron chi connectivity index (χ2n) is 4.83. The fraction of sp³-hybridized carbons (Fsp3) is 0.750. The van der Waals surface area contributed by atoms with Crippen molar-refractivity contribution in [2.45, 2.75) is 31.7 Å². The predicted molar refractivity (Wildman–Crippen MR) is 87.3 cm³/mol. The first kappa shape index (κ1) is 17.0. The molecule has 0 aromatic carbocycles. The van der Waals surface area contributed by atoms with Gasteiger partial charge in [-0.1, -0.05) is 12.8 Å². The summed E-state index contributed by atoms with van der Waals surface area (Å²) >= 11 is 0. The standard InChI is InChI=1S/C12H21N5O2.HI/c1-13-11(16-9-4-2-3-5-9)14-6-7-17-10(18)8-15-12(17)19;/h9H,2-8H2,1H3,(H,15,19)(H2,13,14,16);1H. The molecule has 0 aromatic heterocycles. The Labute approximate surface area is 136 Å².